The Kier molecular flexibility index (Phi) is 5.77. The lowest BCUT2D eigenvalue weighted by molar-refractivity contribution is 0.204. The molecule has 0 aliphatic rings. The molecule has 1 heterocycles. The van der Waals surface area contributed by atoms with Crippen molar-refractivity contribution in [2.45, 2.75) is 37.6 Å². The van der Waals surface area contributed by atoms with Crippen molar-refractivity contribution < 1.29 is 13.2 Å². The first-order valence-corrected chi connectivity index (χ1v) is 7.77. The highest BCUT2D eigenvalue weighted by atomic mass is 32.2. The van der Waals surface area contributed by atoms with Crippen LogP contribution in [-0.2, 0) is 14.8 Å². The highest BCUT2D eigenvalue weighted by Gasteiger charge is 2.23. The fraction of sp³-hybridized carbons (Fsp3) is 0.727. The molecule has 8 heteroatoms. The third-order valence-corrected chi connectivity index (χ3v) is 4.45. The molecule has 1 aromatic rings. The molecule has 19 heavy (non-hydrogen) atoms. The van der Waals surface area contributed by atoms with Gasteiger partial charge >= 0.3 is 0 Å². The standard InChI is InChI=1S/C11H22N4O3S/c1-4-9(5-2)15-11(12)10(8-13-15)19(16,17)14-6-7-18-3/h8-9,14H,4-7,12H2,1-3H3. The summed E-state index contributed by atoms with van der Waals surface area (Å²) in [5.41, 5.74) is 5.90. The van der Waals surface area contributed by atoms with Gasteiger partial charge in [0.1, 0.15) is 10.7 Å². The molecule has 0 radical (unpaired) electrons. The first-order chi connectivity index (χ1) is 8.97. The Bertz CT molecular complexity index is 494. The number of nitrogens with one attached hydrogen (secondary N) is 1. The second kappa shape index (κ2) is 6.88. The molecule has 7 nitrogen and oxygen atoms in total. The summed E-state index contributed by atoms with van der Waals surface area (Å²) in [5.74, 6) is 0.179. The van der Waals surface area contributed by atoms with Gasteiger partial charge in [-0.15, -0.1) is 0 Å². The predicted molar refractivity (Wildman–Crippen MR) is 73.3 cm³/mol. The van der Waals surface area contributed by atoms with E-state index in [2.05, 4.69) is 9.82 Å². The third kappa shape index (κ3) is 3.68. The van der Waals surface area contributed by atoms with Crippen molar-refractivity contribution in [3.05, 3.63) is 6.20 Å². The fourth-order valence-corrected chi connectivity index (χ4v) is 2.91. The summed E-state index contributed by atoms with van der Waals surface area (Å²) in [7, 11) is -2.12. The summed E-state index contributed by atoms with van der Waals surface area (Å²) in [6.45, 7) is 4.54. The van der Waals surface area contributed by atoms with Crippen molar-refractivity contribution in [1.29, 1.82) is 0 Å². The lowest BCUT2D eigenvalue weighted by Crippen LogP contribution is -2.27. The van der Waals surface area contributed by atoms with Crippen molar-refractivity contribution in [3.8, 4) is 0 Å². The molecule has 0 saturated carbocycles. The van der Waals surface area contributed by atoms with E-state index in [-0.39, 0.29) is 23.3 Å². The summed E-state index contributed by atoms with van der Waals surface area (Å²) in [6, 6.07) is 0.114. The summed E-state index contributed by atoms with van der Waals surface area (Å²) >= 11 is 0. The van der Waals surface area contributed by atoms with E-state index in [1.807, 2.05) is 13.8 Å². The minimum atomic E-state index is -3.63. The molecule has 0 saturated heterocycles. The first-order valence-electron chi connectivity index (χ1n) is 6.29. The Morgan fingerprint density at radius 2 is 2.11 bits per heavy atom. The van der Waals surface area contributed by atoms with Gasteiger partial charge in [0.2, 0.25) is 10.0 Å². The average Bonchev–Trinajstić information content (AvgIpc) is 2.74. The molecule has 0 unspecified atom stereocenters. The second-order valence-corrected chi connectivity index (χ2v) is 5.93. The number of nitrogens with zero attached hydrogens (tertiary/aromatic N) is 2. The topological polar surface area (TPSA) is 99.2 Å². The average molecular weight is 290 g/mol. The van der Waals surface area contributed by atoms with Crippen LogP contribution in [0.3, 0.4) is 0 Å². The Morgan fingerprint density at radius 1 is 1.47 bits per heavy atom. The summed E-state index contributed by atoms with van der Waals surface area (Å²) in [6.07, 6.45) is 2.99. The fourth-order valence-electron chi connectivity index (χ4n) is 1.84. The van der Waals surface area contributed by atoms with E-state index in [1.54, 1.807) is 4.68 Å². The number of sulfonamides is 1. The van der Waals surface area contributed by atoms with E-state index in [1.165, 1.54) is 13.3 Å². The maximum absolute atomic E-state index is 12.0. The molecule has 0 aromatic carbocycles. The second-order valence-electron chi connectivity index (χ2n) is 4.20. The van der Waals surface area contributed by atoms with E-state index in [4.69, 9.17) is 10.5 Å². The number of hydrogen-bond donors (Lipinski definition) is 2. The number of aromatic nitrogens is 2. The van der Waals surface area contributed by atoms with E-state index >= 15 is 0 Å². The van der Waals surface area contributed by atoms with Crippen LogP contribution >= 0.6 is 0 Å². The van der Waals surface area contributed by atoms with Crippen LogP contribution < -0.4 is 10.5 Å². The molecular formula is C11H22N4O3S. The molecule has 1 aromatic heterocycles. The van der Waals surface area contributed by atoms with Crippen molar-refractivity contribution in [3.63, 3.8) is 0 Å². The highest BCUT2D eigenvalue weighted by molar-refractivity contribution is 7.89. The van der Waals surface area contributed by atoms with Crippen LogP contribution in [0.15, 0.2) is 11.1 Å². The van der Waals surface area contributed by atoms with Crippen LogP contribution in [0.2, 0.25) is 0 Å². The maximum atomic E-state index is 12.0. The molecule has 0 amide bonds. The molecular weight excluding hydrogens is 268 g/mol. The minimum absolute atomic E-state index is 0.0236. The van der Waals surface area contributed by atoms with Crippen LogP contribution in [0.4, 0.5) is 5.82 Å². The molecule has 110 valence electrons. The monoisotopic (exact) mass is 290 g/mol. The van der Waals surface area contributed by atoms with Gasteiger partial charge in [-0.1, -0.05) is 13.8 Å². The molecule has 0 aliphatic heterocycles. The van der Waals surface area contributed by atoms with Gasteiger partial charge < -0.3 is 10.5 Å². The van der Waals surface area contributed by atoms with Gasteiger partial charge in [0, 0.05) is 13.7 Å². The summed E-state index contributed by atoms with van der Waals surface area (Å²) in [4.78, 5) is 0.0236. The smallest absolute Gasteiger partial charge is 0.245 e. The van der Waals surface area contributed by atoms with Gasteiger partial charge in [0.15, 0.2) is 0 Å². The molecule has 0 aliphatic carbocycles. The summed E-state index contributed by atoms with van der Waals surface area (Å²) < 4.78 is 32.9. The number of methoxy groups -OCH3 is 1. The van der Waals surface area contributed by atoms with E-state index in [0.717, 1.165) is 12.8 Å². The Hall–Kier alpha value is -1.12. The maximum Gasteiger partial charge on any atom is 0.245 e. The van der Waals surface area contributed by atoms with Crippen molar-refractivity contribution in [2.75, 3.05) is 26.0 Å². The molecule has 0 fully saturated rings. The van der Waals surface area contributed by atoms with Crippen molar-refractivity contribution >= 4 is 15.8 Å². The van der Waals surface area contributed by atoms with Crippen LogP contribution in [0.1, 0.15) is 32.7 Å². The largest absolute Gasteiger partial charge is 0.383 e. The molecule has 1 rings (SSSR count). The Labute approximate surface area is 114 Å². The van der Waals surface area contributed by atoms with Crippen LogP contribution in [0.25, 0.3) is 0 Å². The van der Waals surface area contributed by atoms with Crippen molar-refractivity contribution in [1.82, 2.24) is 14.5 Å². The quantitative estimate of drug-likeness (QED) is 0.688. The van der Waals surface area contributed by atoms with Crippen LogP contribution in [0.5, 0.6) is 0 Å². The zero-order chi connectivity index (χ0) is 14.5. The number of ether oxygens (including phenoxy) is 1. The number of nitrogens with two attached hydrogens (primary N) is 1. The molecule has 0 bridgehead atoms. The molecule has 0 spiro atoms. The summed E-state index contributed by atoms with van der Waals surface area (Å²) in [5, 5.41) is 4.09. The normalized spacial score (nSPS) is 12.2. The van der Waals surface area contributed by atoms with E-state index in [0.29, 0.717) is 6.61 Å². The lowest BCUT2D eigenvalue weighted by Gasteiger charge is -2.15. The van der Waals surface area contributed by atoms with E-state index < -0.39 is 10.0 Å². The lowest BCUT2D eigenvalue weighted by atomic mass is 10.2. The molecule has 0 atom stereocenters. The van der Waals surface area contributed by atoms with Gasteiger partial charge in [-0.2, -0.15) is 5.10 Å². The van der Waals surface area contributed by atoms with Crippen LogP contribution in [0, 0.1) is 0 Å². The van der Waals surface area contributed by atoms with Gasteiger partial charge in [-0.3, -0.25) is 0 Å². The third-order valence-electron chi connectivity index (χ3n) is 2.97. The first kappa shape index (κ1) is 15.9. The van der Waals surface area contributed by atoms with E-state index in [9.17, 15) is 8.42 Å². The number of hydrogen-bond acceptors (Lipinski definition) is 5. The SMILES string of the molecule is CCC(CC)n1ncc(S(=O)(=O)NCCOC)c1N. The molecule has 3 N–H and O–H groups in total. The van der Waals surface area contributed by atoms with Gasteiger partial charge in [-0.05, 0) is 12.8 Å². The number of anilines is 1. The zero-order valence-corrected chi connectivity index (χ0v) is 12.4. The Morgan fingerprint density at radius 3 is 2.63 bits per heavy atom. The number of rotatable bonds is 8. The Balaban J connectivity index is 2.96. The predicted octanol–water partition coefficient (Wildman–Crippen LogP) is 0.751. The van der Waals surface area contributed by atoms with Gasteiger partial charge in [-0.25, -0.2) is 17.8 Å². The van der Waals surface area contributed by atoms with Gasteiger partial charge in [0.05, 0.1) is 18.8 Å². The minimum Gasteiger partial charge on any atom is -0.383 e. The van der Waals surface area contributed by atoms with Crippen molar-refractivity contribution in [2.24, 2.45) is 0 Å². The van der Waals surface area contributed by atoms with Gasteiger partial charge in [0.25, 0.3) is 0 Å². The number of nitrogen functional groups attached to an aromatic ring is 1. The van der Waals surface area contributed by atoms with Crippen LogP contribution in [-0.4, -0.2) is 38.5 Å². The highest BCUT2D eigenvalue weighted by Crippen LogP contribution is 2.24. The zero-order valence-electron chi connectivity index (χ0n) is 11.6.